The van der Waals surface area contributed by atoms with E-state index in [-0.39, 0.29) is 5.54 Å². The van der Waals surface area contributed by atoms with Crippen molar-refractivity contribution >= 4 is 0 Å². The smallest absolute Gasteiger partial charge is 0.0484 e. The fourth-order valence-corrected chi connectivity index (χ4v) is 2.27. The van der Waals surface area contributed by atoms with Gasteiger partial charge < -0.3 is 10.5 Å². The predicted octanol–water partition coefficient (Wildman–Crippen LogP) is 1.86. The van der Waals surface area contributed by atoms with Crippen LogP contribution in [0.3, 0.4) is 0 Å². The van der Waals surface area contributed by atoms with Gasteiger partial charge in [0, 0.05) is 37.9 Å². The SMILES string of the molecule is CC(C)CN(CC1(N)CCOCC1)C(C)C. The Labute approximate surface area is 100 Å². The van der Waals surface area contributed by atoms with Crippen molar-refractivity contribution in [3.8, 4) is 0 Å². The summed E-state index contributed by atoms with van der Waals surface area (Å²) in [5.41, 5.74) is 6.42. The lowest BCUT2D eigenvalue weighted by atomic mass is 9.90. The van der Waals surface area contributed by atoms with Crippen LogP contribution in [-0.2, 0) is 4.74 Å². The molecule has 1 aliphatic rings. The Bertz CT molecular complexity index is 198. The maximum atomic E-state index is 6.45. The predicted molar refractivity (Wildman–Crippen MR) is 68.5 cm³/mol. The summed E-state index contributed by atoms with van der Waals surface area (Å²) in [6.45, 7) is 12.8. The molecular weight excluding hydrogens is 200 g/mol. The molecule has 16 heavy (non-hydrogen) atoms. The zero-order valence-corrected chi connectivity index (χ0v) is 11.3. The maximum absolute atomic E-state index is 6.45. The third-order valence-electron chi connectivity index (χ3n) is 3.34. The van der Waals surface area contributed by atoms with Gasteiger partial charge >= 0.3 is 0 Å². The summed E-state index contributed by atoms with van der Waals surface area (Å²) >= 11 is 0. The highest BCUT2D eigenvalue weighted by Gasteiger charge is 2.31. The first-order valence-electron chi connectivity index (χ1n) is 6.53. The number of nitrogens with zero attached hydrogens (tertiary/aromatic N) is 1. The molecule has 0 unspecified atom stereocenters. The van der Waals surface area contributed by atoms with E-state index in [0.717, 1.165) is 39.1 Å². The Morgan fingerprint density at radius 3 is 2.19 bits per heavy atom. The highest BCUT2D eigenvalue weighted by molar-refractivity contribution is 4.90. The zero-order chi connectivity index (χ0) is 12.2. The summed E-state index contributed by atoms with van der Waals surface area (Å²) in [5, 5.41) is 0. The summed E-state index contributed by atoms with van der Waals surface area (Å²) in [5.74, 6) is 0.700. The van der Waals surface area contributed by atoms with Crippen molar-refractivity contribution < 1.29 is 4.74 Å². The van der Waals surface area contributed by atoms with E-state index in [9.17, 15) is 0 Å². The number of rotatable bonds is 5. The molecule has 0 aromatic heterocycles. The van der Waals surface area contributed by atoms with Crippen LogP contribution in [0.15, 0.2) is 0 Å². The van der Waals surface area contributed by atoms with Gasteiger partial charge in [0.1, 0.15) is 0 Å². The van der Waals surface area contributed by atoms with Crippen LogP contribution in [-0.4, -0.2) is 42.8 Å². The number of hydrogen-bond donors (Lipinski definition) is 1. The lowest BCUT2D eigenvalue weighted by Crippen LogP contribution is -2.55. The Morgan fingerprint density at radius 1 is 1.19 bits per heavy atom. The van der Waals surface area contributed by atoms with Crippen molar-refractivity contribution in [1.82, 2.24) is 4.90 Å². The van der Waals surface area contributed by atoms with Crippen LogP contribution < -0.4 is 5.73 Å². The van der Waals surface area contributed by atoms with E-state index in [4.69, 9.17) is 10.5 Å². The van der Waals surface area contributed by atoms with Gasteiger partial charge in [-0.2, -0.15) is 0 Å². The lowest BCUT2D eigenvalue weighted by Gasteiger charge is -2.40. The summed E-state index contributed by atoms with van der Waals surface area (Å²) in [6.07, 6.45) is 1.99. The monoisotopic (exact) mass is 228 g/mol. The number of ether oxygens (including phenoxy) is 1. The van der Waals surface area contributed by atoms with Crippen molar-refractivity contribution in [3.05, 3.63) is 0 Å². The van der Waals surface area contributed by atoms with Gasteiger partial charge in [-0.25, -0.2) is 0 Å². The second-order valence-corrected chi connectivity index (χ2v) is 5.89. The third kappa shape index (κ3) is 4.40. The van der Waals surface area contributed by atoms with E-state index in [1.54, 1.807) is 0 Å². The van der Waals surface area contributed by atoms with Gasteiger partial charge in [-0.3, -0.25) is 4.90 Å². The largest absolute Gasteiger partial charge is 0.381 e. The van der Waals surface area contributed by atoms with Crippen LogP contribution in [0, 0.1) is 5.92 Å². The quantitative estimate of drug-likeness (QED) is 0.780. The molecule has 1 aliphatic heterocycles. The van der Waals surface area contributed by atoms with Crippen LogP contribution in [0.1, 0.15) is 40.5 Å². The van der Waals surface area contributed by atoms with E-state index >= 15 is 0 Å². The molecule has 0 radical (unpaired) electrons. The number of hydrogen-bond acceptors (Lipinski definition) is 3. The Morgan fingerprint density at radius 2 is 1.75 bits per heavy atom. The fraction of sp³-hybridized carbons (Fsp3) is 1.00. The van der Waals surface area contributed by atoms with E-state index < -0.39 is 0 Å². The first-order chi connectivity index (χ1) is 7.43. The first kappa shape index (κ1) is 13.9. The van der Waals surface area contributed by atoms with E-state index in [1.807, 2.05) is 0 Å². The molecule has 0 aromatic rings. The second-order valence-electron chi connectivity index (χ2n) is 5.89. The molecule has 0 spiro atoms. The molecule has 0 aromatic carbocycles. The lowest BCUT2D eigenvalue weighted by molar-refractivity contribution is 0.0306. The normalized spacial score (nSPS) is 21.0. The first-order valence-corrected chi connectivity index (χ1v) is 6.53. The topological polar surface area (TPSA) is 38.5 Å². The molecule has 0 saturated carbocycles. The van der Waals surface area contributed by atoms with Crippen molar-refractivity contribution in [3.63, 3.8) is 0 Å². The molecule has 3 heteroatoms. The molecule has 96 valence electrons. The van der Waals surface area contributed by atoms with E-state index in [0.29, 0.717) is 12.0 Å². The molecule has 2 N–H and O–H groups in total. The Balaban J connectivity index is 2.52. The fourth-order valence-electron chi connectivity index (χ4n) is 2.27. The van der Waals surface area contributed by atoms with E-state index in [1.165, 1.54) is 0 Å². The van der Waals surface area contributed by atoms with Crippen LogP contribution >= 0.6 is 0 Å². The highest BCUT2D eigenvalue weighted by Crippen LogP contribution is 2.20. The van der Waals surface area contributed by atoms with Crippen molar-refractivity contribution in [2.75, 3.05) is 26.3 Å². The van der Waals surface area contributed by atoms with Gasteiger partial charge in [0.25, 0.3) is 0 Å². The molecule has 1 fully saturated rings. The summed E-state index contributed by atoms with van der Waals surface area (Å²) in [6, 6.07) is 0.575. The molecular formula is C13H28N2O. The molecule has 1 heterocycles. The summed E-state index contributed by atoms with van der Waals surface area (Å²) in [7, 11) is 0. The van der Waals surface area contributed by atoms with Gasteiger partial charge in [-0.15, -0.1) is 0 Å². The van der Waals surface area contributed by atoms with Crippen LogP contribution in [0.5, 0.6) is 0 Å². The minimum absolute atomic E-state index is 0.0303. The van der Waals surface area contributed by atoms with Gasteiger partial charge in [0.05, 0.1) is 0 Å². The van der Waals surface area contributed by atoms with Crippen molar-refractivity contribution in [2.45, 2.75) is 52.1 Å². The van der Waals surface area contributed by atoms with Crippen LogP contribution in [0.25, 0.3) is 0 Å². The van der Waals surface area contributed by atoms with Gasteiger partial charge in [-0.05, 0) is 32.6 Å². The summed E-state index contributed by atoms with van der Waals surface area (Å²) in [4.78, 5) is 2.51. The zero-order valence-electron chi connectivity index (χ0n) is 11.3. The third-order valence-corrected chi connectivity index (χ3v) is 3.34. The highest BCUT2D eigenvalue weighted by atomic mass is 16.5. The average Bonchev–Trinajstić information content (AvgIpc) is 2.16. The minimum atomic E-state index is -0.0303. The maximum Gasteiger partial charge on any atom is 0.0484 e. The van der Waals surface area contributed by atoms with Gasteiger partial charge in [-0.1, -0.05) is 13.8 Å². The molecule has 0 atom stereocenters. The van der Waals surface area contributed by atoms with E-state index in [2.05, 4.69) is 32.6 Å². The molecule has 1 saturated heterocycles. The molecule has 0 amide bonds. The van der Waals surface area contributed by atoms with Crippen molar-refractivity contribution in [1.29, 1.82) is 0 Å². The molecule has 3 nitrogen and oxygen atoms in total. The summed E-state index contributed by atoms with van der Waals surface area (Å²) < 4.78 is 5.39. The Kier molecular flexibility index (Phi) is 5.22. The second kappa shape index (κ2) is 5.99. The minimum Gasteiger partial charge on any atom is -0.381 e. The molecule has 0 aliphatic carbocycles. The van der Waals surface area contributed by atoms with Crippen molar-refractivity contribution in [2.24, 2.45) is 11.7 Å². The molecule has 0 bridgehead atoms. The van der Waals surface area contributed by atoms with Gasteiger partial charge in [0.15, 0.2) is 0 Å². The Hall–Kier alpha value is -0.120. The van der Waals surface area contributed by atoms with Crippen LogP contribution in [0.2, 0.25) is 0 Å². The number of nitrogens with two attached hydrogens (primary N) is 1. The average molecular weight is 228 g/mol. The van der Waals surface area contributed by atoms with Gasteiger partial charge in [0.2, 0.25) is 0 Å². The standard InChI is InChI=1S/C13H28N2O/c1-11(2)9-15(12(3)4)10-13(14)5-7-16-8-6-13/h11-12H,5-10,14H2,1-4H3. The molecule has 1 rings (SSSR count). The van der Waals surface area contributed by atoms with Crippen LogP contribution in [0.4, 0.5) is 0 Å².